The Morgan fingerprint density at radius 1 is 1.24 bits per heavy atom. The van der Waals surface area contributed by atoms with E-state index in [1.807, 2.05) is 0 Å². The van der Waals surface area contributed by atoms with Crippen LogP contribution in [0.15, 0.2) is 0 Å². The van der Waals surface area contributed by atoms with Gasteiger partial charge in [-0.1, -0.05) is 19.8 Å². The predicted octanol–water partition coefficient (Wildman–Crippen LogP) is 2.02. The second-order valence-corrected chi connectivity index (χ2v) is 6.24. The Hall–Kier alpha value is -0.410. The van der Waals surface area contributed by atoms with Gasteiger partial charge in [0.2, 0.25) is 0 Å². The van der Waals surface area contributed by atoms with Gasteiger partial charge in [0.25, 0.3) is 0 Å². The number of aliphatic hydroxyl groups is 1. The SMILES string of the molecule is CC1CCC(CN)(C2(O)CCC(=O)CC2)CC1. The second-order valence-electron chi connectivity index (χ2n) is 6.24. The molecular formula is C14H25NO2. The number of Topliss-reactive ketones (excluding diaryl/α,β-unsaturated/α-hetero) is 1. The monoisotopic (exact) mass is 239 g/mol. The van der Waals surface area contributed by atoms with Crippen molar-refractivity contribution in [2.24, 2.45) is 17.1 Å². The Morgan fingerprint density at radius 2 is 1.76 bits per heavy atom. The first-order chi connectivity index (χ1) is 8.01. The van der Waals surface area contributed by atoms with Crippen LogP contribution in [0, 0.1) is 11.3 Å². The average molecular weight is 239 g/mol. The lowest BCUT2D eigenvalue weighted by Gasteiger charge is -2.51. The van der Waals surface area contributed by atoms with Crippen molar-refractivity contribution in [3.63, 3.8) is 0 Å². The average Bonchev–Trinajstić information content (AvgIpc) is 2.34. The summed E-state index contributed by atoms with van der Waals surface area (Å²) in [6.45, 7) is 2.83. The number of hydrogen-bond acceptors (Lipinski definition) is 3. The van der Waals surface area contributed by atoms with Crippen LogP contribution in [0.5, 0.6) is 0 Å². The molecule has 3 heteroatoms. The van der Waals surface area contributed by atoms with Gasteiger partial charge in [-0.3, -0.25) is 4.79 Å². The topological polar surface area (TPSA) is 63.3 Å². The normalized spacial score (nSPS) is 38.1. The summed E-state index contributed by atoms with van der Waals surface area (Å²) in [6, 6.07) is 0. The largest absolute Gasteiger partial charge is 0.389 e. The maximum absolute atomic E-state index is 11.3. The third kappa shape index (κ3) is 2.27. The van der Waals surface area contributed by atoms with E-state index in [-0.39, 0.29) is 5.41 Å². The summed E-state index contributed by atoms with van der Waals surface area (Å²) in [7, 11) is 0. The summed E-state index contributed by atoms with van der Waals surface area (Å²) in [5.74, 6) is 1.05. The maximum atomic E-state index is 11.3. The molecule has 2 rings (SSSR count). The van der Waals surface area contributed by atoms with Gasteiger partial charge in [0.1, 0.15) is 5.78 Å². The van der Waals surface area contributed by atoms with E-state index in [4.69, 9.17) is 5.73 Å². The van der Waals surface area contributed by atoms with Gasteiger partial charge in [-0.15, -0.1) is 0 Å². The molecule has 0 unspecified atom stereocenters. The highest BCUT2D eigenvalue weighted by Crippen LogP contribution is 2.50. The molecule has 3 nitrogen and oxygen atoms in total. The zero-order valence-electron chi connectivity index (χ0n) is 10.9. The fourth-order valence-electron chi connectivity index (χ4n) is 3.65. The van der Waals surface area contributed by atoms with Crippen LogP contribution in [-0.4, -0.2) is 23.0 Å². The first-order valence-corrected chi connectivity index (χ1v) is 6.95. The lowest BCUT2D eigenvalue weighted by atomic mass is 9.57. The van der Waals surface area contributed by atoms with E-state index in [1.165, 1.54) is 0 Å². The highest BCUT2D eigenvalue weighted by atomic mass is 16.3. The van der Waals surface area contributed by atoms with Crippen molar-refractivity contribution in [2.45, 2.75) is 63.9 Å². The molecule has 17 heavy (non-hydrogen) atoms. The van der Waals surface area contributed by atoms with Crippen LogP contribution < -0.4 is 5.73 Å². The van der Waals surface area contributed by atoms with E-state index in [2.05, 4.69) is 6.92 Å². The zero-order chi connectivity index (χ0) is 12.5. The zero-order valence-corrected chi connectivity index (χ0v) is 10.9. The molecule has 2 fully saturated rings. The molecule has 0 saturated heterocycles. The Labute approximate surface area is 104 Å². The van der Waals surface area contributed by atoms with Crippen LogP contribution in [0.2, 0.25) is 0 Å². The third-order valence-corrected chi connectivity index (χ3v) is 5.24. The third-order valence-electron chi connectivity index (χ3n) is 5.24. The van der Waals surface area contributed by atoms with E-state index in [1.54, 1.807) is 0 Å². The van der Waals surface area contributed by atoms with Crippen LogP contribution in [0.4, 0.5) is 0 Å². The molecule has 2 aliphatic rings. The Morgan fingerprint density at radius 3 is 2.24 bits per heavy atom. The van der Waals surface area contributed by atoms with Gasteiger partial charge in [-0.05, 0) is 31.6 Å². The van der Waals surface area contributed by atoms with Gasteiger partial charge in [-0.2, -0.15) is 0 Å². The molecule has 0 aliphatic heterocycles. The van der Waals surface area contributed by atoms with Gasteiger partial charge in [0, 0.05) is 24.8 Å². The fourth-order valence-corrected chi connectivity index (χ4v) is 3.65. The fraction of sp³-hybridized carbons (Fsp3) is 0.929. The van der Waals surface area contributed by atoms with Crippen molar-refractivity contribution in [1.29, 1.82) is 0 Å². The number of carbonyl (C=O) groups excluding carboxylic acids is 1. The minimum atomic E-state index is -0.685. The van der Waals surface area contributed by atoms with Gasteiger partial charge in [0.15, 0.2) is 0 Å². The number of hydrogen-bond donors (Lipinski definition) is 2. The van der Waals surface area contributed by atoms with Gasteiger partial charge in [0.05, 0.1) is 5.60 Å². The van der Waals surface area contributed by atoms with E-state index in [0.29, 0.717) is 38.0 Å². The molecule has 0 aromatic carbocycles. The molecule has 0 heterocycles. The van der Waals surface area contributed by atoms with Crippen molar-refractivity contribution in [3.8, 4) is 0 Å². The summed E-state index contributed by atoms with van der Waals surface area (Å²) in [4.78, 5) is 11.3. The van der Waals surface area contributed by atoms with Crippen molar-refractivity contribution < 1.29 is 9.90 Å². The Kier molecular flexibility index (Phi) is 3.60. The van der Waals surface area contributed by atoms with Crippen LogP contribution in [0.3, 0.4) is 0 Å². The van der Waals surface area contributed by atoms with E-state index in [0.717, 1.165) is 31.6 Å². The summed E-state index contributed by atoms with van der Waals surface area (Å²) < 4.78 is 0. The summed E-state index contributed by atoms with van der Waals surface area (Å²) in [6.07, 6.45) is 6.68. The van der Waals surface area contributed by atoms with Gasteiger partial charge >= 0.3 is 0 Å². The van der Waals surface area contributed by atoms with Crippen molar-refractivity contribution >= 4 is 5.78 Å². The summed E-state index contributed by atoms with van der Waals surface area (Å²) >= 11 is 0. The lowest BCUT2D eigenvalue weighted by molar-refractivity contribution is -0.144. The molecule has 2 aliphatic carbocycles. The van der Waals surface area contributed by atoms with Crippen molar-refractivity contribution in [3.05, 3.63) is 0 Å². The summed E-state index contributed by atoms with van der Waals surface area (Å²) in [5, 5.41) is 10.9. The second kappa shape index (κ2) is 4.69. The predicted molar refractivity (Wildman–Crippen MR) is 67.5 cm³/mol. The van der Waals surface area contributed by atoms with E-state index in [9.17, 15) is 9.90 Å². The molecule has 0 bridgehead atoms. The molecule has 0 aromatic heterocycles. The minimum Gasteiger partial charge on any atom is -0.389 e. The molecular weight excluding hydrogens is 214 g/mol. The standard InChI is InChI=1S/C14H25NO2/c1-11-2-6-13(10-15,7-3-11)14(17)8-4-12(16)5-9-14/h11,17H,2-10,15H2,1H3. The molecule has 0 atom stereocenters. The molecule has 98 valence electrons. The molecule has 0 spiro atoms. The highest BCUT2D eigenvalue weighted by molar-refractivity contribution is 5.79. The first-order valence-electron chi connectivity index (χ1n) is 6.95. The van der Waals surface area contributed by atoms with E-state index < -0.39 is 5.60 Å². The van der Waals surface area contributed by atoms with Crippen LogP contribution in [0.25, 0.3) is 0 Å². The van der Waals surface area contributed by atoms with Crippen molar-refractivity contribution in [2.75, 3.05) is 6.54 Å². The molecule has 0 aromatic rings. The molecule has 3 N–H and O–H groups in total. The number of carbonyl (C=O) groups is 1. The molecule has 2 saturated carbocycles. The summed E-state index contributed by atoms with van der Waals surface area (Å²) in [5.41, 5.74) is 5.18. The Balaban J connectivity index is 2.14. The smallest absolute Gasteiger partial charge is 0.133 e. The molecule has 0 radical (unpaired) electrons. The Bertz CT molecular complexity index is 283. The quantitative estimate of drug-likeness (QED) is 0.775. The van der Waals surface area contributed by atoms with E-state index >= 15 is 0 Å². The molecule has 0 amide bonds. The number of ketones is 1. The van der Waals surface area contributed by atoms with Crippen molar-refractivity contribution in [1.82, 2.24) is 0 Å². The highest BCUT2D eigenvalue weighted by Gasteiger charge is 2.51. The maximum Gasteiger partial charge on any atom is 0.133 e. The number of nitrogens with two attached hydrogens (primary N) is 1. The van der Waals surface area contributed by atoms with Gasteiger partial charge in [-0.25, -0.2) is 0 Å². The first kappa shape index (κ1) is 13.0. The van der Waals surface area contributed by atoms with Crippen LogP contribution in [0.1, 0.15) is 58.3 Å². The minimum absolute atomic E-state index is 0.125. The lowest BCUT2D eigenvalue weighted by Crippen LogP contribution is -2.55. The van der Waals surface area contributed by atoms with Gasteiger partial charge < -0.3 is 10.8 Å². The van der Waals surface area contributed by atoms with Crippen LogP contribution in [-0.2, 0) is 4.79 Å². The number of rotatable bonds is 2. The van der Waals surface area contributed by atoms with Crippen LogP contribution >= 0.6 is 0 Å².